The van der Waals surface area contributed by atoms with E-state index in [-0.39, 0.29) is 5.69 Å². The van der Waals surface area contributed by atoms with Crippen molar-refractivity contribution in [3.05, 3.63) is 65.3 Å². The molecule has 0 radical (unpaired) electrons. The molecule has 0 aliphatic rings. The first-order valence-electron chi connectivity index (χ1n) is 6.52. The Morgan fingerprint density at radius 1 is 0.920 bits per heavy atom. The molecule has 0 atom stereocenters. The summed E-state index contributed by atoms with van der Waals surface area (Å²) in [5.74, 6) is -15.3. The van der Waals surface area contributed by atoms with Crippen molar-refractivity contribution in [2.45, 2.75) is 0 Å². The van der Waals surface area contributed by atoms with E-state index in [2.05, 4.69) is 19.4 Å². The number of rotatable bonds is 3. The Bertz CT molecular complexity index is 930. The van der Waals surface area contributed by atoms with Crippen LogP contribution in [0.1, 0.15) is 10.6 Å². The fraction of sp³-hybridized carbons (Fsp3) is 0. The Morgan fingerprint density at radius 2 is 1.56 bits per heavy atom. The van der Waals surface area contributed by atoms with Crippen molar-refractivity contribution in [2.24, 2.45) is 0 Å². The third-order valence-electron chi connectivity index (χ3n) is 3.00. The van der Waals surface area contributed by atoms with Gasteiger partial charge in [-0.1, -0.05) is 11.2 Å². The topological polar surface area (TPSA) is 65.2 Å². The highest BCUT2D eigenvalue weighted by molar-refractivity contribution is 5.89. The van der Waals surface area contributed by atoms with Crippen LogP contribution in [0.25, 0.3) is 11.4 Å². The summed E-state index contributed by atoms with van der Waals surface area (Å²) in [5, 5.41) is 3.51. The lowest BCUT2D eigenvalue weighted by Crippen LogP contribution is -2.13. The smallest absolute Gasteiger partial charge is 0.382 e. The average molecular weight is 356 g/mol. The summed E-state index contributed by atoms with van der Waals surface area (Å²) in [6, 6.07) is 5.83. The Hall–Kier alpha value is -3.30. The molecule has 0 bridgehead atoms. The average Bonchev–Trinajstić information content (AvgIpc) is 3.13. The van der Waals surface area contributed by atoms with Gasteiger partial charge in [0.25, 0.3) is 0 Å². The lowest BCUT2D eigenvalue weighted by atomic mass is 10.2. The lowest BCUT2D eigenvalue weighted by Gasteiger charge is -2.07. The van der Waals surface area contributed by atoms with Crippen molar-refractivity contribution in [3.8, 4) is 17.1 Å². The zero-order chi connectivity index (χ0) is 18.1. The highest BCUT2D eigenvalue weighted by Crippen LogP contribution is 2.30. The summed E-state index contributed by atoms with van der Waals surface area (Å²) in [5.41, 5.74) is 0.423. The maximum Gasteiger partial charge on any atom is 0.382 e. The van der Waals surface area contributed by atoms with Crippen molar-refractivity contribution in [1.82, 2.24) is 10.1 Å². The summed E-state index contributed by atoms with van der Waals surface area (Å²) < 4.78 is 75.0. The van der Waals surface area contributed by atoms with Gasteiger partial charge in [0.2, 0.25) is 40.6 Å². The minimum Gasteiger partial charge on any atom is -0.414 e. The Kier molecular flexibility index (Phi) is 4.17. The van der Waals surface area contributed by atoms with E-state index < -0.39 is 46.6 Å². The standard InChI is InChI=1S/C15H5F5N2O3/c16-9-10(17)12(19)14(13(20)11(9)18)24-15(23)8-5-7(22-25-8)6-3-1-2-4-21-6/h1-5H. The number of esters is 1. The van der Waals surface area contributed by atoms with Gasteiger partial charge in [0.15, 0.2) is 0 Å². The molecule has 3 aromatic rings. The molecule has 0 amide bonds. The number of benzene rings is 1. The van der Waals surface area contributed by atoms with Crippen molar-refractivity contribution >= 4 is 5.97 Å². The molecule has 0 aliphatic heterocycles. The van der Waals surface area contributed by atoms with Gasteiger partial charge < -0.3 is 9.26 Å². The monoisotopic (exact) mass is 356 g/mol. The van der Waals surface area contributed by atoms with E-state index in [1.165, 1.54) is 12.3 Å². The molecule has 2 aromatic heterocycles. The molecule has 0 fully saturated rings. The van der Waals surface area contributed by atoms with E-state index in [9.17, 15) is 26.7 Å². The fourth-order valence-electron chi connectivity index (χ4n) is 1.82. The Labute approximate surface area is 135 Å². The molecular weight excluding hydrogens is 351 g/mol. The third-order valence-corrected chi connectivity index (χ3v) is 3.00. The van der Waals surface area contributed by atoms with E-state index >= 15 is 0 Å². The summed E-state index contributed by atoms with van der Waals surface area (Å²) in [6.45, 7) is 0. The van der Waals surface area contributed by atoms with Gasteiger partial charge in [-0.3, -0.25) is 4.98 Å². The molecule has 0 unspecified atom stereocenters. The minimum absolute atomic E-state index is 0.102. The number of carbonyl (C=O) groups is 1. The van der Waals surface area contributed by atoms with Crippen molar-refractivity contribution in [1.29, 1.82) is 0 Å². The molecule has 1 aromatic carbocycles. The van der Waals surface area contributed by atoms with Crippen molar-refractivity contribution in [3.63, 3.8) is 0 Å². The van der Waals surface area contributed by atoms with Gasteiger partial charge >= 0.3 is 5.97 Å². The summed E-state index contributed by atoms with van der Waals surface area (Å²) in [6.07, 6.45) is 1.44. The van der Waals surface area contributed by atoms with E-state index in [0.717, 1.165) is 6.07 Å². The highest BCUT2D eigenvalue weighted by atomic mass is 19.2. The number of hydrogen-bond acceptors (Lipinski definition) is 5. The normalized spacial score (nSPS) is 10.8. The summed E-state index contributed by atoms with van der Waals surface area (Å²) in [7, 11) is 0. The van der Waals surface area contributed by atoms with Gasteiger partial charge in [-0.2, -0.15) is 8.78 Å². The van der Waals surface area contributed by atoms with Crippen LogP contribution in [0.5, 0.6) is 5.75 Å². The number of pyridine rings is 1. The van der Waals surface area contributed by atoms with E-state index in [1.807, 2.05) is 0 Å². The molecule has 0 saturated heterocycles. The molecule has 0 saturated carbocycles. The number of hydrogen-bond donors (Lipinski definition) is 0. The molecule has 0 aliphatic carbocycles. The number of carbonyl (C=O) groups excluding carboxylic acids is 1. The van der Waals surface area contributed by atoms with E-state index in [4.69, 9.17) is 0 Å². The SMILES string of the molecule is O=C(Oc1c(F)c(F)c(F)c(F)c1F)c1cc(-c2ccccn2)no1. The van der Waals surface area contributed by atoms with Crippen LogP contribution in [0.3, 0.4) is 0 Å². The Morgan fingerprint density at radius 3 is 2.16 bits per heavy atom. The highest BCUT2D eigenvalue weighted by Gasteiger charge is 2.29. The van der Waals surface area contributed by atoms with Gasteiger partial charge in [-0.25, -0.2) is 18.0 Å². The van der Waals surface area contributed by atoms with Crippen LogP contribution >= 0.6 is 0 Å². The second-order valence-corrected chi connectivity index (χ2v) is 4.58. The molecule has 3 rings (SSSR count). The zero-order valence-electron chi connectivity index (χ0n) is 11.9. The van der Waals surface area contributed by atoms with Crippen LogP contribution in [0.4, 0.5) is 22.0 Å². The van der Waals surface area contributed by atoms with E-state index in [1.54, 1.807) is 12.1 Å². The van der Waals surface area contributed by atoms with Crippen molar-refractivity contribution < 1.29 is 36.0 Å². The van der Waals surface area contributed by atoms with Crippen LogP contribution in [0, 0.1) is 29.1 Å². The van der Waals surface area contributed by atoms with Crippen LogP contribution in [0.2, 0.25) is 0 Å². The van der Waals surface area contributed by atoms with Gasteiger partial charge in [0, 0.05) is 12.3 Å². The second kappa shape index (κ2) is 6.30. The van der Waals surface area contributed by atoms with E-state index in [0.29, 0.717) is 5.69 Å². The van der Waals surface area contributed by atoms with Gasteiger partial charge in [0.1, 0.15) is 5.69 Å². The zero-order valence-corrected chi connectivity index (χ0v) is 11.9. The number of halogens is 5. The quantitative estimate of drug-likeness (QED) is 0.236. The fourth-order valence-corrected chi connectivity index (χ4v) is 1.82. The first kappa shape index (κ1) is 16.6. The maximum atomic E-state index is 13.5. The first-order valence-corrected chi connectivity index (χ1v) is 6.52. The minimum atomic E-state index is -2.37. The molecule has 25 heavy (non-hydrogen) atoms. The van der Waals surface area contributed by atoms with Gasteiger partial charge in [-0.15, -0.1) is 0 Å². The Balaban J connectivity index is 1.91. The predicted octanol–water partition coefficient (Wildman–Crippen LogP) is 3.65. The molecule has 10 heteroatoms. The van der Waals surface area contributed by atoms with Crippen molar-refractivity contribution in [2.75, 3.05) is 0 Å². The molecular formula is C15H5F5N2O3. The number of aromatic nitrogens is 2. The summed E-state index contributed by atoms with van der Waals surface area (Å²) in [4.78, 5) is 15.8. The van der Waals surface area contributed by atoms with Crippen LogP contribution in [0.15, 0.2) is 35.0 Å². The molecule has 0 spiro atoms. The van der Waals surface area contributed by atoms with Gasteiger partial charge in [0.05, 0.1) is 5.69 Å². The largest absolute Gasteiger partial charge is 0.414 e. The molecule has 5 nitrogen and oxygen atoms in total. The number of ether oxygens (including phenoxy) is 1. The van der Waals surface area contributed by atoms with Crippen LogP contribution in [-0.4, -0.2) is 16.1 Å². The molecule has 128 valence electrons. The first-order chi connectivity index (χ1) is 11.9. The predicted molar refractivity (Wildman–Crippen MR) is 70.9 cm³/mol. The summed E-state index contributed by atoms with van der Waals surface area (Å²) >= 11 is 0. The lowest BCUT2D eigenvalue weighted by molar-refractivity contribution is 0.0672. The van der Waals surface area contributed by atoms with Crippen LogP contribution < -0.4 is 4.74 Å². The maximum absolute atomic E-state index is 13.5. The second-order valence-electron chi connectivity index (χ2n) is 4.58. The van der Waals surface area contributed by atoms with Gasteiger partial charge in [-0.05, 0) is 12.1 Å². The third kappa shape index (κ3) is 2.93. The number of nitrogens with zero attached hydrogens (tertiary/aromatic N) is 2. The molecule has 0 N–H and O–H groups in total. The van der Waals surface area contributed by atoms with Crippen LogP contribution in [-0.2, 0) is 0 Å². The molecule has 2 heterocycles.